The monoisotopic (exact) mass is 267 g/mol. The molecule has 0 saturated heterocycles. The van der Waals surface area contributed by atoms with Crippen molar-refractivity contribution in [3.63, 3.8) is 0 Å². The largest absolute Gasteiger partial charge is 0.508 e. The van der Waals surface area contributed by atoms with Crippen molar-refractivity contribution in [2.24, 2.45) is 0 Å². The van der Waals surface area contributed by atoms with Gasteiger partial charge in [0.05, 0.1) is 13.0 Å². The number of hydrogen-bond acceptors (Lipinski definition) is 3. The lowest BCUT2D eigenvalue weighted by Gasteiger charge is -2.26. The molecule has 0 bridgehead atoms. The Kier molecular flexibility index (Phi) is 2.99. The van der Waals surface area contributed by atoms with E-state index in [0.29, 0.717) is 5.56 Å². The second-order valence-corrected chi connectivity index (χ2v) is 4.79. The minimum absolute atomic E-state index is 0.125. The molecule has 0 aromatic heterocycles. The average Bonchev–Trinajstić information content (AvgIpc) is 2.43. The number of rotatable bonds is 2. The van der Waals surface area contributed by atoms with Crippen molar-refractivity contribution in [3.8, 4) is 5.75 Å². The van der Waals surface area contributed by atoms with Crippen LogP contribution in [0.1, 0.15) is 21.5 Å². The second-order valence-electron chi connectivity index (χ2n) is 4.79. The van der Waals surface area contributed by atoms with E-state index in [1.54, 1.807) is 42.5 Å². The van der Waals surface area contributed by atoms with Gasteiger partial charge in [0.25, 0.3) is 5.91 Å². The van der Waals surface area contributed by atoms with Gasteiger partial charge >= 0.3 is 0 Å². The topological polar surface area (TPSA) is 57.6 Å². The smallest absolute Gasteiger partial charge is 0.261 e. The zero-order chi connectivity index (χ0) is 14.1. The summed E-state index contributed by atoms with van der Waals surface area (Å²) in [5, 5.41) is 9.44. The first-order valence-electron chi connectivity index (χ1n) is 6.35. The first-order valence-corrected chi connectivity index (χ1v) is 6.35. The maximum absolute atomic E-state index is 12.4. The predicted octanol–water partition coefficient (Wildman–Crippen LogP) is 2.12. The number of carbonyl (C=O) groups excluding carboxylic acids is 2. The summed E-state index contributed by atoms with van der Waals surface area (Å²) in [5.41, 5.74) is 2.08. The molecule has 0 radical (unpaired) electrons. The highest BCUT2D eigenvalue weighted by Crippen LogP contribution is 2.22. The normalized spacial score (nSPS) is 14.3. The molecule has 2 amide bonds. The van der Waals surface area contributed by atoms with E-state index >= 15 is 0 Å². The van der Waals surface area contributed by atoms with Gasteiger partial charge in [-0.15, -0.1) is 0 Å². The quantitative estimate of drug-likeness (QED) is 0.848. The van der Waals surface area contributed by atoms with Crippen molar-refractivity contribution in [2.45, 2.75) is 13.0 Å². The van der Waals surface area contributed by atoms with E-state index in [4.69, 9.17) is 0 Å². The molecule has 0 spiro atoms. The predicted molar refractivity (Wildman–Crippen MR) is 73.1 cm³/mol. The Labute approximate surface area is 116 Å². The minimum atomic E-state index is -0.278. The lowest BCUT2D eigenvalue weighted by molar-refractivity contribution is -0.128. The number of phenolic OH excluding ortho intramolecular Hbond substituents is 1. The summed E-state index contributed by atoms with van der Waals surface area (Å²) in [6.07, 6.45) is 0.237. The Morgan fingerprint density at radius 1 is 1.05 bits per heavy atom. The third-order valence-electron chi connectivity index (χ3n) is 3.39. The Morgan fingerprint density at radius 2 is 1.85 bits per heavy atom. The van der Waals surface area contributed by atoms with Crippen molar-refractivity contribution in [2.75, 3.05) is 0 Å². The van der Waals surface area contributed by atoms with Crippen molar-refractivity contribution in [3.05, 3.63) is 65.2 Å². The molecule has 0 fully saturated rings. The Hall–Kier alpha value is -2.62. The molecule has 1 aliphatic heterocycles. The summed E-state index contributed by atoms with van der Waals surface area (Å²) >= 11 is 0. The first-order chi connectivity index (χ1) is 9.65. The van der Waals surface area contributed by atoms with E-state index in [1.165, 1.54) is 4.90 Å². The van der Waals surface area contributed by atoms with Crippen molar-refractivity contribution in [1.82, 2.24) is 4.90 Å². The van der Waals surface area contributed by atoms with Crippen LogP contribution in [0.2, 0.25) is 0 Å². The second kappa shape index (κ2) is 4.81. The van der Waals surface area contributed by atoms with Crippen LogP contribution in [-0.2, 0) is 17.8 Å². The maximum atomic E-state index is 12.4. The highest BCUT2D eigenvalue weighted by molar-refractivity contribution is 6.09. The van der Waals surface area contributed by atoms with Gasteiger partial charge in [-0.1, -0.05) is 30.3 Å². The molecule has 0 atom stereocenters. The number of phenols is 1. The van der Waals surface area contributed by atoms with E-state index in [0.717, 1.165) is 11.1 Å². The Morgan fingerprint density at radius 3 is 2.65 bits per heavy atom. The van der Waals surface area contributed by atoms with Crippen LogP contribution in [0.4, 0.5) is 0 Å². The average molecular weight is 267 g/mol. The molecular weight excluding hydrogens is 254 g/mol. The van der Waals surface area contributed by atoms with E-state index < -0.39 is 0 Å². The number of imide groups is 1. The highest BCUT2D eigenvalue weighted by Gasteiger charge is 2.30. The molecule has 4 heteroatoms. The molecule has 2 aromatic carbocycles. The fourth-order valence-electron chi connectivity index (χ4n) is 2.40. The van der Waals surface area contributed by atoms with Gasteiger partial charge in [-0.2, -0.15) is 0 Å². The fourth-order valence-corrected chi connectivity index (χ4v) is 2.40. The first kappa shape index (κ1) is 12.4. The maximum Gasteiger partial charge on any atom is 0.261 e. The molecule has 1 N–H and O–H groups in total. The molecule has 1 heterocycles. The van der Waals surface area contributed by atoms with Crippen LogP contribution in [0.15, 0.2) is 48.5 Å². The van der Waals surface area contributed by atoms with Gasteiger partial charge in [0.2, 0.25) is 5.91 Å². The van der Waals surface area contributed by atoms with Crippen LogP contribution < -0.4 is 0 Å². The van der Waals surface area contributed by atoms with E-state index in [1.807, 2.05) is 6.07 Å². The lowest BCUT2D eigenvalue weighted by atomic mass is 9.98. The molecule has 20 heavy (non-hydrogen) atoms. The molecule has 100 valence electrons. The van der Waals surface area contributed by atoms with Crippen LogP contribution in [0.3, 0.4) is 0 Å². The van der Waals surface area contributed by atoms with Crippen molar-refractivity contribution >= 4 is 11.8 Å². The van der Waals surface area contributed by atoms with Gasteiger partial charge in [0.15, 0.2) is 0 Å². The summed E-state index contributed by atoms with van der Waals surface area (Å²) in [4.78, 5) is 25.7. The molecule has 0 unspecified atom stereocenters. The van der Waals surface area contributed by atoms with Crippen molar-refractivity contribution < 1.29 is 14.7 Å². The summed E-state index contributed by atoms with van der Waals surface area (Å²) < 4.78 is 0. The Bertz CT molecular complexity index is 694. The van der Waals surface area contributed by atoms with Gasteiger partial charge in [0.1, 0.15) is 5.75 Å². The van der Waals surface area contributed by atoms with Crippen LogP contribution in [0.25, 0.3) is 0 Å². The summed E-state index contributed by atoms with van der Waals surface area (Å²) in [6, 6.07) is 13.7. The van der Waals surface area contributed by atoms with E-state index in [9.17, 15) is 14.7 Å². The molecule has 0 aliphatic carbocycles. The molecular formula is C16H13NO3. The van der Waals surface area contributed by atoms with E-state index in [2.05, 4.69) is 0 Å². The van der Waals surface area contributed by atoms with Gasteiger partial charge in [-0.05, 0) is 29.3 Å². The molecule has 1 aliphatic rings. The summed E-state index contributed by atoms with van der Waals surface area (Å²) in [7, 11) is 0. The van der Waals surface area contributed by atoms with Crippen LogP contribution in [-0.4, -0.2) is 21.8 Å². The number of amides is 2. The van der Waals surface area contributed by atoms with Gasteiger partial charge in [-0.25, -0.2) is 0 Å². The van der Waals surface area contributed by atoms with Crippen LogP contribution >= 0.6 is 0 Å². The number of carbonyl (C=O) groups is 2. The fraction of sp³-hybridized carbons (Fsp3) is 0.125. The third-order valence-corrected chi connectivity index (χ3v) is 3.39. The Balaban J connectivity index is 1.91. The SMILES string of the molecule is O=C1Cc2ccccc2C(=O)N1Cc1cccc(O)c1. The molecule has 2 aromatic rings. The van der Waals surface area contributed by atoms with Crippen molar-refractivity contribution in [1.29, 1.82) is 0 Å². The van der Waals surface area contributed by atoms with E-state index in [-0.39, 0.29) is 30.5 Å². The minimum Gasteiger partial charge on any atom is -0.508 e. The number of benzene rings is 2. The number of fused-ring (bicyclic) bond motifs is 1. The standard InChI is InChI=1S/C16H13NO3/c18-13-6-3-4-11(8-13)10-17-15(19)9-12-5-1-2-7-14(12)16(17)20/h1-8,18H,9-10H2. The number of nitrogens with zero attached hydrogens (tertiary/aromatic N) is 1. The number of hydrogen-bond donors (Lipinski definition) is 1. The zero-order valence-electron chi connectivity index (χ0n) is 10.7. The van der Waals surface area contributed by atoms with Gasteiger partial charge in [-0.3, -0.25) is 14.5 Å². The zero-order valence-corrected chi connectivity index (χ0v) is 10.7. The molecule has 4 nitrogen and oxygen atoms in total. The van der Waals surface area contributed by atoms with Crippen LogP contribution in [0.5, 0.6) is 5.75 Å². The highest BCUT2D eigenvalue weighted by atomic mass is 16.3. The third kappa shape index (κ3) is 2.16. The molecule has 3 rings (SSSR count). The summed E-state index contributed by atoms with van der Waals surface area (Å²) in [5.74, 6) is -0.364. The van der Waals surface area contributed by atoms with Gasteiger partial charge in [0, 0.05) is 5.56 Å². The molecule has 0 saturated carbocycles. The number of aromatic hydroxyl groups is 1. The summed E-state index contributed by atoms with van der Waals surface area (Å²) in [6.45, 7) is 0.181. The van der Waals surface area contributed by atoms with Gasteiger partial charge < -0.3 is 5.11 Å². The lowest BCUT2D eigenvalue weighted by Crippen LogP contribution is -2.41. The van der Waals surface area contributed by atoms with Crippen LogP contribution in [0, 0.1) is 0 Å².